The molecule has 7 heteroatoms. The van der Waals surface area contributed by atoms with Crippen molar-refractivity contribution in [1.29, 1.82) is 0 Å². The summed E-state index contributed by atoms with van der Waals surface area (Å²) in [5, 5.41) is 9.44. The Bertz CT molecular complexity index is 951. The van der Waals surface area contributed by atoms with Gasteiger partial charge < -0.3 is 5.11 Å². The van der Waals surface area contributed by atoms with Crippen LogP contribution in [0.1, 0.15) is 15.9 Å². The van der Waals surface area contributed by atoms with E-state index >= 15 is 0 Å². The molecule has 0 atom stereocenters. The predicted octanol–water partition coefficient (Wildman–Crippen LogP) is 4.76. The standard InChI is InChI=1S/C17H9F4NO2/c18-15-11(2-1-3-12(15)17(19,20)21)14-7-4-9-8-10(16(23)24)5-6-13(9)22-14/h1-8H,(H,23,24). The summed E-state index contributed by atoms with van der Waals surface area (Å²) >= 11 is 0. The number of rotatable bonds is 2. The molecule has 0 saturated carbocycles. The minimum absolute atomic E-state index is 0.0363. The van der Waals surface area contributed by atoms with Crippen molar-refractivity contribution in [2.24, 2.45) is 0 Å². The average molecular weight is 335 g/mol. The van der Waals surface area contributed by atoms with Gasteiger partial charge in [-0.05, 0) is 36.4 Å². The number of carbonyl (C=O) groups is 1. The van der Waals surface area contributed by atoms with E-state index in [1.807, 2.05) is 0 Å². The Morgan fingerprint density at radius 3 is 2.46 bits per heavy atom. The molecular formula is C17H9F4NO2. The largest absolute Gasteiger partial charge is 0.478 e. The molecule has 0 bridgehead atoms. The Labute approximate surface area is 133 Å². The molecule has 1 aromatic heterocycles. The fourth-order valence-electron chi connectivity index (χ4n) is 2.36. The molecule has 3 rings (SSSR count). The second kappa shape index (κ2) is 5.59. The van der Waals surface area contributed by atoms with Gasteiger partial charge in [0.15, 0.2) is 0 Å². The fourth-order valence-corrected chi connectivity index (χ4v) is 2.36. The Hall–Kier alpha value is -2.96. The maximum Gasteiger partial charge on any atom is 0.419 e. The molecule has 0 aliphatic carbocycles. The van der Waals surface area contributed by atoms with Crippen molar-refractivity contribution >= 4 is 16.9 Å². The van der Waals surface area contributed by atoms with E-state index < -0.39 is 23.5 Å². The minimum Gasteiger partial charge on any atom is -0.478 e. The molecule has 0 fully saturated rings. The van der Waals surface area contributed by atoms with Gasteiger partial charge in [0.05, 0.1) is 22.3 Å². The van der Waals surface area contributed by atoms with E-state index in [1.54, 1.807) is 0 Å². The molecule has 0 radical (unpaired) electrons. The molecule has 2 aromatic carbocycles. The first kappa shape index (κ1) is 15.9. The van der Waals surface area contributed by atoms with Crippen molar-refractivity contribution in [3.05, 3.63) is 65.5 Å². The van der Waals surface area contributed by atoms with Gasteiger partial charge >= 0.3 is 12.1 Å². The average Bonchev–Trinajstić information content (AvgIpc) is 2.53. The molecule has 0 unspecified atom stereocenters. The zero-order chi connectivity index (χ0) is 17.5. The Kier molecular flexibility index (Phi) is 3.71. The van der Waals surface area contributed by atoms with Crippen LogP contribution in [0.2, 0.25) is 0 Å². The first-order valence-corrected chi connectivity index (χ1v) is 6.77. The lowest BCUT2D eigenvalue weighted by Crippen LogP contribution is -2.09. The number of alkyl halides is 3. The highest BCUT2D eigenvalue weighted by Crippen LogP contribution is 2.35. The van der Waals surface area contributed by atoms with Crippen molar-refractivity contribution in [2.75, 3.05) is 0 Å². The Morgan fingerprint density at radius 1 is 1.04 bits per heavy atom. The quantitative estimate of drug-likeness (QED) is 0.687. The highest BCUT2D eigenvalue weighted by atomic mass is 19.4. The van der Waals surface area contributed by atoms with E-state index in [4.69, 9.17) is 5.11 Å². The molecule has 0 aliphatic rings. The summed E-state index contributed by atoms with van der Waals surface area (Å²) in [6.07, 6.45) is -4.80. The predicted molar refractivity (Wildman–Crippen MR) is 79.1 cm³/mol. The van der Waals surface area contributed by atoms with Crippen LogP contribution in [0.25, 0.3) is 22.2 Å². The van der Waals surface area contributed by atoms with Crippen LogP contribution in [0.4, 0.5) is 17.6 Å². The van der Waals surface area contributed by atoms with E-state index in [9.17, 15) is 22.4 Å². The molecule has 0 spiro atoms. The Balaban J connectivity index is 2.14. The lowest BCUT2D eigenvalue weighted by atomic mass is 10.0. The van der Waals surface area contributed by atoms with Gasteiger partial charge in [-0.1, -0.05) is 12.1 Å². The van der Waals surface area contributed by atoms with Crippen molar-refractivity contribution < 1.29 is 27.5 Å². The number of aromatic nitrogens is 1. The van der Waals surface area contributed by atoms with Crippen molar-refractivity contribution in [3.63, 3.8) is 0 Å². The maximum absolute atomic E-state index is 14.2. The third kappa shape index (κ3) is 2.80. The summed E-state index contributed by atoms with van der Waals surface area (Å²) in [5.41, 5.74) is -1.18. The van der Waals surface area contributed by atoms with E-state index in [0.29, 0.717) is 17.0 Å². The van der Waals surface area contributed by atoms with Crippen LogP contribution in [0.5, 0.6) is 0 Å². The molecule has 0 saturated heterocycles. The molecule has 0 amide bonds. The van der Waals surface area contributed by atoms with Crippen LogP contribution >= 0.6 is 0 Å². The smallest absolute Gasteiger partial charge is 0.419 e. The number of pyridine rings is 1. The van der Waals surface area contributed by atoms with Crippen molar-refractivity contribution in [3.8, 4) is 11.3 Å². The fraction of sp³-hybridized carbons (Fsp3) is 0.0588. The number of carboxylic acids is 1. The van der Waals surface area contributed by atoms with Crippen LogP contribution in [-0.2, 0) is 6.18 Å². The second-order valence-corrected chi connectivity index (χ2v) is 5.07. The van der Waals surface area contributed by atoms with Crippen LogP contribution in [0.3, 0.4) is 0 Å². The topological polar surface area (TPSA) is 50.2 Å². The zero-order valence-electron chi connectivity index (χ0n) is 11.9. The van der Waals surface area contributed by atoms with Gasteiger partial charge in [-0.15, -0.1) is 0 Å². The van der Waals surface area contributed by atoms with Gasteiger partial charge in [-0.3, -0.25) is 0 Å². The minimum atomic E-state index is -4.80. The van der Waals surface area contributed by atoms with Gasteiger partial charge in [-0.25, -0.2) is 14.2 Å². The number of hydrogen-bond acceptors (Lipinski definition) is 2. The molecule has 3 nitrogen and oxygen atoms in total. The first-order chi connectivity index (χ1) is 11.3. The summed E-state index contributed by atoms with van der Waals surface area (Å²) in [4.78, 5) is 15.1. The third-order valence-corrected chi connectivity index (χ3v) is 3.52. The summed E-state index contributed by atoms with van der Waals surface area (Å²) < 4.78 is 52.6. The monoisotopic (exact) mass is 335 g/mol. The van der Waals surface area contributed by atoms with E-state index in [0.717, 1.165) is 6.07 Å². The molecule has 1 heterocycles. The number of aromatic carboxylic acids is 1. The van der Waals surface area contributed by atoms with Gasteiger partial charge in [0, 0.05) is 10.9 Å². The van der Waals surface area contributed by atoms with E-state index in [2.05, 4.69) is 4.98 Å². The van der Waals surface area contributed by atoms with Crippen molar-refractivity contribution in [2.45, 2.75) is 6.18 Å². The van der Waals surface area contributed by atoms with E-state index in [-0.39, 0.29) is 16.8 Å². The molecule has 0 aliphatic heterocycles. The third-order valence-electron chi connectivity index (χ3n) is 3.52. The summed E-state index contributed by atoms with van der Waals surface area (Å²) in [6, 6.07) is 9.97. The van der Waals surface area contributed by atoms with Crippen LogP contribution in [0.15, 0.2) is 48.5 Å². The summed E-state index contributed by atoms with van der Waals surface area (Å²) in [7, 11) is 0. The first-order valence-electron chi connectivity index (χ1n) is 6.77. The van der Waals surface area contributed by atoms with Gasteiger partial charge in [0.1, 0.15) is 5.82 Å². The molecule has 3 aromatic rings. The van der Waals surface area contributed by atoms with Gasteiger partial charge in [0.2, 0.25) is 0 Å². The van der Waals surface area contributed by atoms with Crippen LogP contribution in [0, 0.1) is 5.82 Å². The number of fused-ring (bicyclic) bond motifs is 1. The number of hydrogen-bond donors (Lipinski definition) is 1. The molecule has 122 valence electrons. The molecular weight excluding hydrogens is 326 g/mol. The molecule has 24 heavy (non-hydrogen) atoms. The number of benzene rings is 2. The van der Waals surface area contributed by atoms with Gasteiger partial charge in [0.25, 0.3) is 0 Å². The van der Waals surface area contributed by atoms with Crippen molar-refractivity contribution in [1.82, 2.24) is 4.98 Å². The van der Waals surface area contributed by atoms with Gasteiger partial charge in [-0.2, -0.15) is 13.2 Å². The Morgan fingerprint density at radius 2 is 1.79 bits per heavy atom. The zero-order valence-corrected chi connectivity index (χ0v) is 11.9. The summed E-state index contributed by atoms with van der Waals surface area (Å²) in [6.45, 7) is 0. The number of nitrogens with zero attached hydrogens (tertiary/aromatic N) is 1. The highest BCUT2D eigenvalue weighted by Gasteiger charge is 2.35. The normalized spacial score (nSPS) is 11.7. The van der Waals surface area contributed by atoms with E-state index in [1.165, 1.54) is 36.4 Å². The molecule has 1 N–H and O–H groups in total. The SMILES string of the molecule is O=C(O)c1ccc2nc(-c3cccc(C(F)(F)F)c3F)ccc2c1. The number of carboxylic acid groups (broad SMARTS) is 1. The number of halogens is 4. The second-order valence-electron chi connectivity index (χ2n) is 5.07. The van der Waals surface area contributed by atoms with Crippen LogP contribution in [-0.4, -0.2) is 16.1 Å². The maximum atomic E-state index is 14.2. The van der Waals surface area contributed by atoms with Crippen LogP contribution < -0.4 is 0 Å². The lowest BCUT2D eigenvalue weighted by molar-refractivity contribution is -0.139. The highest BCUT2D eigenvalue weighted by molar-refractivity contribution is 5.93. The summed E-state index contributed by atoms with van der Waals surface area (Å²) in [5.74, 6) is -2.50. The lowest BCUT2D eigenvalue weighted by Gasteiger charge is -2.11.